The number of likely N-dealkylation sites (N-methyl/N-ethyl adjacent to an activating group) is 1. The van der Waals surface area contributed by atoms with Crippen molar-refractivity contribution in [2.75, 3.05) is 20.6 Å². The predicted octanol–water partition coefficient (Wildman–Crippen LogP) is 0.955. The summed E-state index contributed by atoms with van der Waals surface area (Å²) < 4.78 is 0. The van der Waals surface area contributed by atoms with Crippen LogP contribution in [0.15, 0.2) is 29.4 Å². The van der Waals surface area contributed by atoms with Gasteiger partial charge in [0.15, 0.2) is 5.71 Å². The van der Waals surface area contributed by atoms with Gasteiger partial charge in [0, 0.05) is 31.8 Å². The van der Waals surface area contributed by atoms with Crippen molar-refractivity contribution in [3.05, 3.63) is 35.4 Å². The molecule has 0 aliphatic carbocycles. The lowest BCUT2D eigenvalue weighted by molar-refractivity contribution is -0.121. The van der Waals surface area contributed by atoms with Crippen LogP contribution in [-0.2, 0) is 4.79 Å². The van der Waals surface area contributed by atoms with Crippen LogP contribution in [0.3, 0.4) is 0 Å². The van der Waals surface area contributed by atoms with Gasteiger partial charge in [-0.1, -0.05) is 18.2 Å². The average Bonchev–Trinajstić information content (AvgIpc) is 2.35. The maximum atomic E-state index is 12.2. The molecule has 0 saturated heterocycles. The summed E-state index contributed by atoms with van der Waals surface area (Å²) in [4.78, 5) is 25.6. The van der Waals surface area contributed by atoms with Crippen LogP contribution in [-0.4, -0.2) is 48.1 Å². The first-order valence-electron chi connectivity index (χ1n) is 5.77. The number of imide groups is 1. The van der Waals surface area contributed by atoms with Gasteiger partial charge in [0.2, 0.25) is 0 Å². The predicted molar refractivity (Wildman–Crippen MR) is 68.4 cm³/mol. The fourth-order valence-corrected chi connectivity index (χ4v) is 1.94. The Hall–Kier alpha value is -2.17. The minimum atomic E-state index is -0.338. The maximum Gasteiger partial charge on any atom is 0.281 e. The smallest absolute Gasteiger partial charge is 0.281 e. The first kappa shape index (κ1) is 12.3. The zero-order valence-electron chi connectivity index (χ0n) is 10.7. The van der Waals surface area contributed by atoms with Crippen molar-refractivity contribution in [2.24, 2.45) is 5.10 Å². The standard InChI is InChI=1S/C13H15N3O2/c1-4-16-12(17)10-8-6-5-7-9(10)11(13(16)18)14-15(2)3/h5-8H,4H2,1-3H3/b14-11-. The number of nitrogens with zero attached hydrogens (tertiary/aromatic N) is 3. The fourth-order valence-electron chi connectivity index (χ4n) is 1.94. The van der Waals surface area contributed by atoms with Crippen LogP contribution in [0.5, 0.6) is 0 Å². The van der Waals surface area contributed by atoms with Crippen molar-refractivity contribution in [3.63, 3.8) is 0 Å². The molecule has 0 atom stereocenters. The minimum absolute atomic E-state index is 0.254. The fraction of sp³-hybridized carbons (Fsp3) is 0.308. The van der Waals surface area contributed by atoms with Gasteiger partial charge in [0.1, 0.15) is 0 Å². The summed E-state index contributed by atoms with van der Waals surface area (Å²) in [6.45, 7) is 2.12. The van der Waals surface area contributed by atoms with Crippen LogP contribution in [0.1, 0.15) is 22.8 Å². The van der Waals surface area contributed by atoms with Gasteiger partial charge in [-0.25, -0.2) is 0 Å². The van der Waals surface area contributed by atoms with E-state index >= 15 is 0 Å². The van der Waals surface area contributed by atoms with E-state index in [1.807, 2.05) is 0 Å². The first-order valence-corrected chi connectivity index (χ1v) is 5.77. The highest BCUT2D eigenvalue weighted by atomic mass is 16.2. The monoisotopic (exact) mass is 245 g/mol. The SMILES string of the molecule is CCN1C(=O)/C(=N\N(C)C)c2ccccc2C1=O. The summed E-state index contributed by atoms with van der Waals surface area (Å²) in [6.07, 6.45) is 0. The largest absolute Gasteiger partial charge is 0.302 e. The number of hydrogen-bond acceptors (Lipinski definition) is 4. The lowest BCUT2D eigenvalue weighted by atomic mass is 9.97. The molecule has 0 radical (unpaired) electrons. The Balaban J connectivity index is 2.64. The zero-order valence-corrected chi connectivity index (χ0v) is 10.7. The molecule has 5 nitrogen and oxygen atoms in total. The molecular weight excluding hydrogens is 230 g/mol. The molecule has 0 unspecified atom stereocenters. The number of hydrazone groups is 1. The highest BCUT2D eigenvalue weighted by Crippen LogP contribution is 2.20. The van der Waals surface area contributed by atoms with Crippen LogP contribution < -0.4 is 0 Å². The Morgan fingerprint density at radius 2 is 1.72 bits per heavy atom. The van der Waals surface area contributed by atoms with E-state index < -0.39 is 0 Å². The molecule has 2 amide bonds. The molecule has 1 aromatic carbocycles. The number of hydrogen-bond donors (Lipinski definition) is 0. The summed E-state index contributed by atoms with van der Waals surface area (Å²) in [5.74, 6) is -0.592. The molecule has 94 valence electrons. The Morgan fingerprint density at radius 1 is 1.11 bits per heavy atom. The maximum absolute atomic E-state index is 12.2. The van der Waals surface area contributed by atoms with Gasteiger partial charge in [-0.2, -0.15) is 5.10 Å². The third-order valence-electron chi connectivity index (χ3n) is 2.72. The van der Waals surface area contributed by atoms with Gasteiger partial charge in [-0.15, -0.1) is 0 Å². The summed E-state index contributed by atoms with van der Waals surface area (Å²) >= 11 is 0. The van der Waals surface area contributed by atoms with E-state index in [0.29, 0.717) is 23.4 Å². The van der Waals surface area contributed by atoms with E-state index in [4.69, 9.17) is 0 Å². The number of carbonyl (C=O) groups is 2. The van der Waals surface area contributed by atoms with Crippen molar-refractivity contribution in [1.29, 1.82) is 0 Å². The molecule has 0 spiro atoms. The molecule has 0 N–H and O–H groups in total. The van der Waals surface area contributed by atoms with Gasteiger partial charge in [-0.3, -0.25) is 14.5 Å². The van der Waals surface area contributed by atoms with E-state index in [0.717, 1.165) is 0 Å². The van der Waals surface area contributed by atoms with Crippen molar-refractivity contribution < 1.29 is 9.59 Å². The van der Waals surface area contributed by atoms with Crippen molar-refractivity contribution >= 4 is 17.5 Å². The highest BCUT2D eigenvalue weighted by molar-refractivity contribution is 6.51. The summed E-state index contributed by atoms with van der Waals surface area (Å²) in [5, 5.41) is 5.76. The molecule has 1 aliphatic heterocycles. The first-order chi connectivity index (χ1) is 8.56. The van der Waals surface area contributed by atoms with E-state index in [1.165, 1.54) is 4.90 Å². The van der Waals surface area contributed by atoms with Crippen molar-refractivity contribution in [1.82, 2.24) is 9.91 Å². The Kier molecular flexibility index (Phi) is 3.14. The van der Waals surface area contributed by atoms with Crippen LogP contribution in [0, 0.1) is 0 Å². The van der Waals surface area contributed by atoms with Crippen molar-refractivity contribution in [3.8, 4) is 0 Å². The Bertz CT molecular complexity index is 535. The molecule has 0 bridgehead atoms. The molecule has 0 saturated carbocycles. The molecule has 1 aromatic rings. The van der Waals surface area contributed by atoms with Gasteiger partial charge < -0.3 is 5.01 Å². The van der Waals surface area contributed by atoms with Gasteiger partial charge in [0.05, 0.1) is 0 Å². The molecular formula is C13H15N3O2. The van der Waals surface area contributed by atoms with E-state index in [1.54, 1.807) is 50.3 Å². The molecule has 0 fully saturated rings. The summed E-state index contributed by atoms with van der Waals surface area (Å²) in [6, 6.07) is 7.05. The topological polar surface area (TPSA) is 53.0 Å². The lowest BCUT2D eigenvalue weighted by Crippen LogP contribution is -2.46. The van der Waals surface area contributed by atoms with E-state index in [-0.39, 0.29) is 11.8 Å². The molecule has 2 rings (SSSR count). The number of fused-ring (bicyclic) bond motifs is 1. The van der Waals surface area contributed by atoms with E-state index in [2.05, 4.69) is 5.10 Å². The van der Waals surface area contributed by atoms with Crippen LogP contribution in [0.2, 0.25) is 0 Å². The minimum Gasteiger partial charge on any atom is -0.302 e. The normalized spacial score (nSPS) is 17.1. The van der Waals surface area contributed by atoms with Crippen LogP contribution in [0.25, 0.3) is 0 Å². The summed E-state index contributed by atoms with van der Waals surface area (Å²) in [5.41, 5.74) is 1.45. The number of rotatable bonds is 2. The second kappa shape index (κ2) is 4.60. The summed E-state index contributed by atoms with van der Waals surface area (Å²) in [7, 11) is 3.49. The van der Waals surface area contributed by atoms with E-state index in [9.17, 15) is 9.59 Å². The molecule has 5 heteroatoms. The third kappa shape index (κ3) is 1.88. The van der Waals surface area contributed by atoms with Crippen LogP contribution >= 0.6 is 0 Å². The van der Waals surface area contributed by atoms with Crippen LogP contribution in [0.4, 0.5) is 0 Å². The van der Waals surface area contributed by atoms with Crippen molar-refractivity contribution in [2.45, 2.75) is 6.92 Å². The third-order valence-corrected chi connectivity index (χ3v) is 2.72. The van der Waals surface area contributed by atoms with Gasteiger partial charge in [-0.05, 0) is 13.0 Å². The number of benzene rings is 1. The zero-order chi connectivity index (χ0) is 13.3. The second-order valence-corrected chi connectivity index (χ2v) is 4.20. The molecule has 18 heavy (non-hydrogen) atoms. The Labute approximate surface area is 106 Å². The molecule has 0 aromatic heterocycles. The second-order valence-electron chi connectivity index (χ2n) is 4.20. The average molecular weight is 245 g/mol. The lowest BCUT2D eigenvalue weighted by Gasteiger charge is -2.27. The number of amides is 2. The van der Waals surface area contributed by atoms with Gasteiger partial charge in [0.25, 0.3) is 11.8 Å². The molecule has 1 heterocycles. The Morgan fingerprint density at radius 3 is 2.28 bits per heavy atom. The molecule has 1 aliphatic rings. The van der Waals surface area contributed by atoms with Gasteiger partial charge >= 0.3 is 0 Å². The number of carbonyl (C=O) groups excluding carboxylic acids is 2. The highest BCUT2D eigenvalue weighted by Gasteiger charge is 2.35. The quantitative estimate of drug-likeness (QED) is 0.576.